The Balaban J connectivity index is 2.16. The molecule has 4 heteroatoms. The van der Waals surface area contributed by atoms with Gasteiger partial charge in [0.25, 0.3) is 0 Å². The summed E-state index contributed by atoms with van der Waals surface area (Å²) in [5, 5.41) is 0. The van der Waals surface area contributed by atoms with Gasteiger partial charge in [0.15, 0.2) is 0 Å². The van der Waals surface area contributed by atoms with Crippen molar-refractivity contribution in [2.24, 2.45) is 0 Å². The van der Waals surface area contributed by atoms with Crippen molar-refractivity contribution in [3.05, 3.63) is 53.3 Å². The normalized spacial score (nSPS) is 19.4. The van der Waals surface area contributed by atoms with Crippen LogP contribution in [-0.2, 0) is 14.3 Å². The van der Waals surface area contributed by atoms with Crippen molar-refractivity contribution < 1.29 is 19.0 Å². The molecule has 1 aromatic carbocycles. The molecular weight excluding hydrogens is 292 g/mol. The molecule has 1 atom stereocenters. The third-order valence-electron chi connectivity index (χ3n) is 3.57. The molecule has 4 nitrogen and oxygen atoms in total. The van der Waals surface area contributed by atoms with Crippen LogP contribution in [0.3, 0.4) is 0 Å². The van der Waals surface area contributed by atoms with E-state index >= 15 is 0 Å². The summed E-state index contributed by atoms with van der Waals surface area (Å²) >= 11 is 0. The largest absolute Gasteiger partial charge is 0.497 e. The fourth-order valence-electron chi connectivity index (χ4n) is 2.55. The Bertz CT molecular complexity index is 618. The maximum atomic E-state index is 12.0. The van der Waals surface area contributed by atoms with Crippen LogP contribution in [-0.4, -0.2) is 25.8 Å². The molecule has 0 aromatic heterocycles. The fraction of sp³-hybridized carbons (Fsp3) is 0.421. The minimum atomic E-state index is -0.501. The molecule has 0 saturated heterocycles. The highest BCUT2D eigenvalue weighted by atomic mass is 16.6. The third-order valence-corrected chi connectivity index (χ3v) is 3.57. The number of ether oxygens (including phenoxy) is 3. The molecule has 124 valence electrons. The minimum absolute atomic E-state index is 0.185. The van der Waals surface area contributed by atoms with Crippen LogP contribution in [0.15, 0.2) is 47.7 Å². The first-order valence-corrected chi connectivity index (χ1v) is 7.66. The highest BCUT2D eigenvalue weighted by molar-refractivity contribution is 5.84. The van der Waals surface area contributed by atoms with Gasteiger partial charge in [-0.15, -0.1) is 0 Å². The average molecular weight is 316 g/mol. The molecule has 1 unspecified atom stereocenters. The lowest BCUT2D eigenvalue weighted by Gasteiger charge is -2.18. The van der Waals surface area contributed by atoms with E-state index in [2.05, 4.69) is 0 Å². The maximum absolute atomic E-state index is 12.0. The maximum Gasteiger partial charge on any atom is 0.331 e. The van der Waals surface area contributed by atoms with Crippen molar-refractivity contribution in [1.82, 2.24) is 0 Å². The first-order valence-electron chi connectivity index (χ1n) is 7.66. The standard InChI is InChI=1S/C19H24O4/c1-19(2,3)23-18(20)12-15-10-14(11-17(15)22-5)13-6-8-16(21-4)9-7-13/h6-9,11-12,14H,10H2,1-5H3/b15-12+. The molecule has 0 fully saturated rings. The van der Waals surface area contributed by atoms with Gasteiger partial charge in [0.1, 0.15) is 17.1 Å². The number of benzene rings is 1. The van der Waals surface area contributed by atoms with Crippen molar-refractivity contribution in [2.75, 3.05) is 14.2 Å². The van der Waals surface area contributed by atoms with Crippen LogP contribution < -0.4 is 4.74 Å². The molecule has 1 aliphatic rings. The SMILES string of the molecule is COC1=CC(c2ccc(OC)cc2)C/C1=C\C(=O)OC(C)(C)C. The molecule has 23 heavy (non-hydrogen) atoms. The van der Waals surface area contributed by atoms with Gasteiger partial charge in [-0.05, 0) is 51.0 Å². The van der Waals surface area contributed by atoms with Gasteiger partial charge in [-0.1, -0.05) is 12.1 Å². The summed E-state index contributed by atoms with van der Waals surface area (Å²) < 4.78 is 15.9. The zero-order chi connectivity index (χ0) is 17.0. The number of hydrogen-bond acceptors (Lipinski definition) is 4. The lowest BCUT2D eigenvalue weighted by molar-refractivity contribution is -0.148. The van der Waals surface area contributed by atoms with Crippen LogP contribution in [0.4, 0.5) is 0 Å². The van der Waals surface area contributed by atoms with E-state index in [0.29, 0.717) is 0 Å². The van der Waals surface area contributed by atoms with E-state index < -0.39 is 5.60 Å². The van der Waals surface area contributed by atoms with Gasteiger partial charge >= 0.3 is 5.97 Å². The van der Waals surface area contributed by atoms with E-state index in [1.165, 1.54) is 6.08 Å². The third kappa shape index (κ3) is 4.62. The molecule has 0 saturated carbocycles. The lowest BCUT2D eigenvalue weighted by atomic mass is 9.97. The molecule has 1 aromatic rings. The van der Waals surface area contributed by atoms with Crippen LogP contribution in [0.5, 0.6) is 5.75 Å². The van der Waals surface area contributed by atoms with Crippen molar-refractivity contribution in [3.63, 3.8) is 0 Å². The van der Waals surface area contributed by atoms with E-state index in [1.54, 1.807) is 14.2 Å². The van der Waals surface area contributed by atoms with Crippen molar-refractivity contribution in [1.29, 1.82) is 0 Å². The van der Waals surface area contributed by atoms with Gasteiger partial charge in [0.05, 0.1) is 14.2 Å². The Kier molecular flexibility index (Phi) is 5.14. The van der Waals surface area contributed by atoms with Crippen LogP contribution >= 0.6 is 0 Å². The molecule has 0 N–H and O–H groups in total. The highest BCUT2D eigenvalue weighted by Gasteiger charge is 2.25. The first kappa shape index (κ1) is 17.1. The smallest absolute Gasteiger partial charge is 0.331 e. The second-order valence-corrected chi connectivity index (χ2v) is 6.52. The van der Waals surface area contributed by atoms with E-state index in [0.717, 1.165) is 29.1 Å². The van der Waals surface area contributed by atoms with Crippen molar-refractivity contribution >= 4 is 5.97 Å². The molecule has 0 amide bonds. The second kappa shape index (κ2) is 6.90. The molecule has 2 rings (SSSR count). The number of carbonyl (C=O) groups is 1. The Morgan fingerprint density at radius 1 is 1.13 bits per heavy atom. The number of methoxy groups -OCH3 is 2. The summed E-state index contributed by atoms with van der Waals surface area (Å²) in [6.45, 7) is 5.56. The molecule has 0 aliphatic heterocycles. The monoisotopic (exact) mass is 316 g/mol. The minimum Gasteiger partial charge on any atom is -0.497 e. The fourth-order valence-corrected chi connectivity index (χ4v) is 2.55. The quantitative estimate of drug-likeness (QED) is 0.622. The van der Waals surface area contributed by atoms with Gasteiger partial charge < -0.3 is 14.2 Å². The van der Waals surface area contributed by atoms with E-state index in [4.69, 9.17) is 14.2 Å². The summed E-state index contributed by atoms with van der Waals surface area (Å²) in [5.41, 5.74) is 1.52. The number of carbonyl (C=O) groups excluding carboxylic acids is 1. The van der Waals surface area contributed by atoms with Gasteiger partial charge in [-0.3, -0.25) is 0 Å². The Hall–Kier alpha value is -2.23. The molecular formula is C19H24O4. The topological polar surface area (TPSA) is 44.8 Å². The molecule has 1 aliphatic carbocycles. The van der Waals surface area contributed by atoms with Gasteiger partial charge in [0.2, 0.25) is 0 Å². The van der Waals surface area contributed by atoms with E-state index in [9.17, 15) is 4.79 Å². The lowest BCUT2D eigenvalue weighted by Crippen LogP contribution is -2.22. The van der Waals surface area contributed by atoms with Crippen LogP contribution in [0.25, 0.3) is 0 Å². The highest BCUT2D eigenvalue weighted by Crippen LogP contribution is 2.37. The van der Waals surface area contributed by atoms with E-state index in [-0.39, 0.29) is 11.9 Å². The predicted molar refractivity (Wildman–Crippen MR) is 89.4 cm³/mol. The van der Waals surface area contributed by atoms with Gasteiger partial charge in [-0.2, -0.15) is 0 Å². The number of rotatable bonds is 4. The van der Waals surface area contributed by atoms with Gasteiger partial charge in [0, 0.05) is 17.6 Å². The van der Waals surface area contributed by atoms with Crippen LogP contribution in [0.2, 0.25) is 0 Å². The number of esters is 1. The zero-order valence-corrected chi connectivity index (χ0v) is 14.4. The Morgan fingerprint density at radius 2 is 1.78 bits per heavy atom. The van der Waals surface area contributed by atoms with Crippen molar-refractivity contribution in [3.8, 4) is 5.75 Å². The Morgan fingerprint density at radius 3 is 2.30 bits per heavy atom. The van der Waals surface area contributed by atoms with Gasteiger partial charge in [-0.25, -0.2) is 4.79 Å². The average Bonchev–Trinajstić information content (AvgIpc) is 2.88. The summed E-state index contributed by atoms with van der Waals surface area (Å²) in [7, 11) is 3.26. The van der Waals surface area contributed by atoms with E-state index in [1.807, 2.05) is 51.1 Å². The molecule has 0 spiro atoms. The first-order chi connectivity index (χ1) is 10.8. The molecule has 0 bridgehead atoms. The Labute approximate surface area is 137 Å². The summed E-state index contributed by atoms with van der Waals surface area (Å²) in [5.74, 6) is 1.40. The molecule has 0 heterocycles. The molecule has 0 radical (unpaired) electrons. The van der Waals surface area contributed by atoms with Crippen LogP contribution in [0, 0.1) is 0 Å². The second-order valence-electron chi connectivity index (χ2n) is 6.52. The number of allylic oxidation sites excluding steroid dienone is 2. The summed E-state index contributed by atoms with van der Waals surface area (Å²) in [6.07, 6.45) is 4.29. The number of hydrogen-bond donors (Lipinski definition) is 0. The van der Waals surface area contributed by atoms with Crippen molar-refractivity contribution in [2.45, 2.75) is 38.7 Å². The summed E-state index contributed by atoms with van der Waals surface area (Å²) in [6, 6.07) is 7.93. The van der Waals surface area contributed by atoms with Crippen LogP contribution in [0.1, 0.15) is 38.7 Å². The summed E-state index contributed by atoms with van der Waals surface area (Å²) in [4.78, 5) is 12.0. The predicted octanol–water partition coefficient (Wildman–Crippen LogP) is 3.98. The zero-order valence-electron chi connectivity index (χ0n) is 14.4.